The van der Waals surface area contributed by atoms with Gasteiger partial charge in [-0.2, -0.15) is 0 Å². The summed E-state index contributed by atoms with van der Waals surface area (Å²) in [6.45, 7) is -0.348. The third kappa shape index (κ3) is 5.39. The summed E-state index contributed by atoms with van der Waals surface area (Å²) >= 11 is 17.5. The summed E-state index contributed by atoms with van der Waals surface area (Å²) in [4.78, 5) is 23.5. The summed E-state index contributed by atoms with van der Waals surface area (Å²) in [7, 11) is 0. The molecular formula is C17H11Cl3O3. The molecule has 118 valence electrons. The minimum atomic E-state index is -0.640. The predicted octanol–water partition coefficient (Wildman–Crippen LogP) is 5.09. The van der Waals surface area contributed by atoms with Gasteiger partial charge in [-0.1, -0.05) is 40.9 Å². The van der Waals surface area contributed by atoms with Gasteiger partial charge in [0.15, 0.2) is 12.4 Å². The molecule has 0 spiro atoms. The van der Waals surface area contributed by atoms with Gasteiger partial charge in [-0.05, 0) is 48.0 Å². The van der Waals surface area contributed by atoms with Crippen LogP contribution in [0, 0.1) is 0 Å². The third-order valence-corrected chi connectivity index (χ3v) is 3.69. The number of esters is 1. The van der Waals surface area contributed by atoms with Crippen LogP contribution in [-0.4, -0.2) is 18.4 Å². The predicted molar refractivity (Wildman–Crippen MR) is 92.2 cm³/mol. The number of ketones is 1. The lowest BCUT2D eigenvalue weighted by Crippen LogP contribution is -2.12. The van der Waals surface area contributed by atoms with Crippen LogP contribution in [0.2, 0.25) is 15.1 Å². The van der Waals surface area contributed by atoms with Gasteiger partial charge in [-0.15, -0.1) is 0 Å². The summed E-state index contributed by atoms with van der Waals surface area (Å²) in [6.07, 6.45) is 2.69. The lowest BCUT2D eigenvalue weighted by Gasteiger charge is -2.02. The standard InChI is InChI=1S/C17H11Cl3O3/c18-13-5-2-12(3-6-13)16(21)10-23-17(22)8-4-11-1-7-14(19)9-15(11)20/h1-9H,10H2. The number of benzene rings is 2. The van der Waals surface area contributed by atoms with Gasteiger partial charge in [0.25, 0.3) is 0 Å². The maximum absolute atomic E-state index is 11.8. The summed E-state index contributed by atoms with van der Waals surface area (Å²) in [5, 5.41) is 1.45. The van der Waals surface area contributed by atoms with Crippen molar-refractivity contribution in [3.05, 3.63) is 74.7 Å². The van der Waals surface area contributed by atoms with Crippen molar-refractivity contribution >= 4 is 52.6 Å². The Labute approximate surface area is 148 Å². The molecule has 0 radical (unpaired) electrons. The van der Waals surface area contributed by atoms with Gasteiger partial charge in [0.1, 0.15) is 0 Å². The van der Waals surface area contributed by atoms with Crippen LogP contribution in [0.3, 0.4) is 0 Å². The van der Waals surface area contributed by atoms with E-state index in [0.717, 1.165) is 0 Å². The minimum absolute atomic E-state index is 0.312. The van der Waals surface area contributed by atoms with Gasteiger partial charge in [-0.25, -0.2) is 4.79 Å². The topological polar surface area (TPSA) is 43.4 Å². The maximum atomic E-state index is 11.8. The monoisotopic (exact) mass is 368 g/mol. The van der Waals surface area contributed by atoms with Crippen molar-refractivity contribution in [1.29, 1.82) is 0 Å². The molecule has 3 nitrogen and oxygen atoms in total. The van der Waals surface area contributed by atoms with E-state index in [0.29, 0.717) is 26.2 Å². The van der Waals surface area contributed by atoms with Gasteiger partial charge in [-0.3, -0.25) is 4.79 Å². The molecule has 0 saturated carbocycles. The van der Waals surface area contributed by atoms with Gasteiger partial charge in [0, 0.05) is 26.7 Å². The van der Waals surface area contributed by atoms with Gasteiger partial charge in [0.2, 0.25) is 0 Å². The van der Waals surface area contributed by atoms with Crippen LogP contribution < -0.4 is 0 Å². The van der Waals surface area contributed by atoms with Gasteiger partial charge in [0.05, 0.1) is 0 Å². The molecule has 0 atom stereocenters. The Kier molecular flexibility index (Phi) is 6.22. The number of hydrogen-bond donors (Lipinski definition) is 0. The summed E-state index contributed by atoms with van der Waals surface area (Å²) in [6, 6.07) is 11.2. The first-order chi connectivity index (χ1) is 11.0. The highest BCUT2D eigenvalue weighted by atomic mass is 35.5. The molecule has 0 fully saturated rings. The van der Waals surface area contributed by atoms with E-state index in [-0.39, 0.29) is 12.4 Å². The van der Waals surface area contributed by atoms with Gasteiger partial charge >= 0.3 is 5.97 Å². The zero-order valence-electron chi connectivity index (χ0n) is 11.8. The van der Waals surface area contributed by atoms with Crippen LogP contribution in [0.15, 0.2) is 48.5 Å². The fourth-order valence-electron chi connectivity index (χ4n) is 1.70. The number of carbonyl (C=O) groups excluding carboxylic acids is 2. The Balaban J connectivity index is 1.90. The number of hydrogen-bond acceptors (Lipinski definition) is 3. The van der Waals surface area contributed by atoms with E-state index in [4.69, 9.17) is 39.5 Å². The molecular weight excluding hydrogens is 359 g/mol. The second kappa shape index (κ2) is 8.16. The molecule has 6 heteroatoms. The van der Waals surface area contributed by atoms with Crippen molar-refractivity contribution in [2.45, 2.75) is 0 Å². The van der Waals surface area contributed by atoms with Crippen molar-refractivity contribution in [3.8, 4) is 0 Å². The Hall–Kier alpha value is -1.81. The highest BCUT2D eigenvalue weighted by molar-refractivity contribution is 6.35. The van der Waals surface area contributed by atoms with Crippen molar-refractivity contribution in [2.24, 2.45) is 0 Å². The molecule has 0 unspecified atom stereocenters. The number of carbonyl (C=O) groups is 2. The summed E-state index contributed by atoms with van der Waals surface area (Å²) in [5.74, 6) is -0.953. The number of ether oxygens (including phenoxy) is 1. The van der Waals surface area contributed by atoms with Crippen LogP contribution in [0.25, 0.3) is 6.08 Å². The Morgan fingerprint density at radius 3 is 2.26 bits per heavy atom. The normalized spacial score (nSPS) is 10.7. The second-order valence-electron chi connectivity index (χ2n) is 4.54. The first-order valence-corrected chi connectivity index (χ1v) is 7.68. The Morgan fingerprint density at radius 1 is 0.957 bits per heavy atom. The third-order valence-electron chi connectivity index (χ3n) is 2.87. The van der Waals surface area contributed by atoms with Crippen molar-refractivity contribution in [2.75, 3.05) is 6.61 Å². The van der Waals surface area contributed by atoms with Gasteiger partial charge < -0.3 is 4.74 Å². The molecule has 0 aliphatic heterocycles. The number of halogens is 3. The SMILES string of the molecule is O=C(C=Cc1ccc(Cl)cc1Cl)OCC(=O)c1ccc(Cl)cc1. The molecule has 0 saturated heterocycles. The molecule has 23 heavy (non-hydrogen) atoms. The fourth-order valence-corrected chi connectivity index (χ4v) is 2.30. The van der Waals surface area contributed by atoms with E-state index in [1.807, 2.05) is 0 Å². The molecule has 0 aliphatic rings. The number of rotatable bonds is 5. The Morgan fingerprint density at radius 2 is 1.61 bits per heavy atom. The van der Waals surface area contributed by atoms with Crippen molar-refractivity contribution in [3.63, 3.8) is 0 Å². The largest absolute Gasteiger partial charge is 0.454 e. The lowest BCUT2D eigenvalue weighted by molar-refractivity contribution is -0.136. The van der Waals surface area contributed by atoms with E-state index >= 15 is 0 Å². The van der Waals surface area contributed by atoms with Crippen molar-refractivity contribution in [1.82, 2.24) is 0 Å². The van der Waals surface area contributed by atoms with Crippen LogP contribution in [0.5, 0.6) is 0 Å². The Bertz CT molecular complexity index is 752. The van der Waals surface area contributed by atoms with E-state index in [9.17, 15) is 9.59 Å². The molecule has 0 heterocycles. The first kappa shape index (κ1) is 17.5. The average Bonchev–Trinajstić information content (AvgIpc) is 2.52. The average molecular weight is 370 g/mol. The quantitative estimate of drug-likeness (QED) is 0.419. The van der Waals surface area contributed by atoms with E-state index in [1.54, 1.807) is 42.5 Å². The second-order valence-corrected chi connectivity index (χ2v) is 5.82. The summed E-state index contributed by atoms with van der Waals surface area (Å²) < 4.78 is 4.90. The van der Waals surface area contributed by atoms with Crippen LogP contribution in [0.4, 0.5) is 0 Å². The zero-order chi connectivity index (χ0) is 16.8. The van der Waals surface area contributed by atoms with E-state index < -0.39 is 5.97 Å². The summed E-state index contributed by atoms with van der Waals surface area (Å²) in [5.41, 5.74) is 1.05. The smallest absolute Gasteiger partial charge is 0.331 e. The lowest BCUT2D eigenvalue weighted by atomic mass is 10.1. The molecule has 0 aliphatic carbocycles. The van der Waals surface area contributed by atoms with Crippen LogP contribution in [-0.2, 0) is 9.53 Å². The fraction of sp³-hybridized carbons (Fsp3) is 0.0588. The van der Waals surface area contributed by atoms with Crippen LogP contribution >= 0.6 is 34.8 Å². The van der Waals surface area contributed by atoms with E-state index in [2.05, 4.69) is 0 Å². The molecule has 0 amide bonds. The van der Waals surface area contributed by atoms with Crippen LogP contribution in [0.1, 0.15) is 15.9 Å². The van der Waals surface area contributed by atoms with E-state index in [1.165, 1.54) is 12.2 Å². The molecule has 2 aromatic rings. The number of Topliss-reactive ketones (excluding diaryl/α,β-unsaturated/α-hetero) is 1. The highest BCUT2D eigenvalue weighted by Gasteiger charge is 2.08. The minimum Gasteiger partial charge on any atom is -0.454 e. The van der Waals surface area contributed by atoms with Crippen molar-refractivity contribution < 1.29 is 14.3 Å². The molecule has 2 rings (SSSR count). The maximum Gasteiger partial charge on any atom is 0.331 e. The highest BCUT2D eigenvalue weighted by Crippen LogP contribution is 2.22. The first-order valence-electron chi connectivity index (χ1n) is 6.54. The molecule has 0 aromatic heterocycles. The molecule has 0 N–H and O–H groups in total. The zero-order valence-corrected chi connectivity index (χ0v) is 14.0. The molecule has 0 bridgehead atoms. The molecule has 2 aromatic carbocycles.